The maximum Gasteiger partial charge on any atom is 0.314 e. The fraction of sp³-hybridized carbons (Fsp3) is 0.500. The van der Waals surface area contributed by atoms with Crippen molar-refractivity contribution in [1.29, 1.82) is 0 Å². The summed E-state index contributed by atoms with van der Waals surface area (Å²) in [5.41, 5.74) is 2.12. The smallest absolute Gasteiger partial charge is 0.314 e. The predicted octanol–water partition coefficient (Wildman–Crippen LogP) is 2.43. The van der Waals surface area contributed by atoms with Crippen molar-refractivity contribution in [3.05, 3.63) is 30.0 Å². The molecule has 4 N–H and O–H groups in total. The lowest BCUT2D eigenvalue weighted by atomic mass is 10.1. The minimum Gasteiger partial charge on any atom is -0.496 e. The van der Waals surface area contributed by atoms with E-state index in [0.717, 1.165) is 22.2 Å². The number of amides is 2. The van der Waals surface area contributed by atoms with Gasteiger partial charge in [-0.05, 0) is 36.5 Å². The van der Waals surface area contributed by atoms with Gasteiger partial charge in [-0.2, -0.15) is 0 Å². The number of carbonyl (C=O) groups is 1. The number of hydrogen-bond donors (Lipinski definition) is 4. The highest BCUT2D eigenvalue weighted by Gasteiger charge is 2.11. The van der Waals surface area contributed by atoms with Crippen molar-refractivity contribution in [3.8, 4) is 5.75 Å². The van der Waals surface area contributed by atoms with Crippen molar-refractivity contribution < 1.29 is 14.6 Å². The number of aromatic amines is 1. The number of benzene rings is 1. The molecule has 0 spiro atoms. The van der Waals surface area contributed by atoms with Crippen molar-refractivity contribution in [3.63, 3.8) is 0 Å². The van der Waals surface area contributed by atoms with Crippen LogP contribution >= 0.6 is 0 Å². The molecule has 0 aliphatic heterocycles. The van der Waals surface area contributed by atoms with Crippen molar-refractivity contribution in [2.45, 2.75) is 32.8 Å². The van der Waals surface area contributed by atoms with Gasteiger partial charge in [0, 0.05) is 30.2 Å². The lowest BCUT2D eigenvalue weighted by Gasteiger charge is -2.14. The Labute approximate surface area is 142 Å². The van der Waals surface area contributed by atoms with Crippen molar-refractivity contribution in [2.75, 3.05) is 20.2 Å². The number of aliphatic hydroxyl groups is 1. The third kappa shape index (κ3) is 4.89. The highest BCUT2D eigenvalue weighted by atomic mass is 16.5. The van der Waals surface area contributed by atoms with Gasteiger partial charge in [-0.3, -0.25) is 0 Å². The zero-order chi connectivity index (χ0) is 17.5. The van der Waals surface area contributed by atoms with E-state index in [0.29, 0.717) is 25.3 Å². The molecule has 0 bridgehead atoms. The first-order valence-corrected chi connectivity index (χ1v) is 8.34. The third-order valence-corrected chi connectivity index (χ3v) is 3.89. The zero-order valence-corrected chi connectivity index (χ0v) is 14.6. The Kier molecular flexibility index (Phi) is 6.49. The Bertz CT molecular complexity index is 667. The highest BCUT2D eigenvalue weighted by Crippen LogP contribution is 2.28. The molecule has 6 heteroatoms. The fourth-order valence-electron chi connectivity index (χ4n) is 2.80. The standard InChI is InChI=1S/C18H27N3O3/c1-12(2)9-14(22)11-21-18(23)19-8-7-13-10-20-15-5-4-6-16(24-3)17(13)15/h4-6,10,12,14,20,22H,7-9,11H2,1-3H3,(H2,19,21,23). The minimum atomic E-state index is -0.506. The number of methoxy groups -OCH3 is 1. The summed E-state index contributed by atoms with van der Waals surface area (Å²) in [7, 11) is 1.65. The van der Waals surface area contributed by atoms with E-state index in [-0.39, 0.29) is 12.6 Å². The molecule has 1 unspecified atom stereocenters. The van der Waals surface area contributed by atoms with Gasteiger partial charge in [0.2, 0.25) is 0 Å². The molecular weight excluding hydrogens is 306 g/mol. The second-order valence-corrected chi connectivity index (χ2v) is 6.37. The van der Waals surface area contributed by atoms with Crippen LogP contribution in [0.25, 0.3) is 10.9 Å². The Hall–Kier alpha value is -2.21. The molecule has 2 aromatic rings. The minimum absolute atomic E-state index is 0.260. The molecule has 132 valence electrons. The van der Waals surface area contributed by atoms with Crippen LogP contribution in [0.3, 0.4) is 0 Å². The van der Waals surface area contributed by atoms with Gasteiger partial charge in [-0.1, -0.05) is 19.9 Å². The van der Waals surface area contributed by atoms with Gasteiger partial charge in [0.05, 0.1) is 13.2 Å². The summed E-state index contributed by atoms with van der Waals surface area (Å²) in [6.45, 7) is 4.86. The number of ether oxygens (including phenoxy) is 1. The molecule has 0 fully saturated rings. The molecule has 0 saturated heterocycles. The number of urea groups is 1. The highest BCUT2D eigenvalue weighted by molar-refractivity contribution is 5.89. The molecule has 2 rings (SSSR count). The van der Waals surface area contributed by atoms with Crippen LogP contribution in [0, 0.1) is 5.92 Å². The lowest BCUT2D eigenvalue weighted by molar-refractivity contribution is 0.147. The maximum atomic E-state index is 11.8. The van der Waals surface area contributed by atoms with E-state index in [1.54, 1.807) is 7.11 Å². The number of hydrogen-bond acceptors (Lipinski definition) is 3. The van der Waals surface area contributed by atoms with Gasteiger partial charge >= 0.3 is 6.03 Å². The topological polar surface area (TPSA) is 86.4 Å². The second-order valence-electron chi connectivity index (χ2n) is 6.37. The fourth-order valence-corrected chi connectivity index (χ4v) is 2.80. The summed E-state index contributed by atoms with van der Waals surface area (Å²) >= 11 is 0. The molecule has 6 nitrogen and oxygen atoms in total. The third-order valence-electron chi connectivity index (χ3n) is 3.89. The number of rotatable bonds is 8. The van der Waals surface area contributed by atoms with Gasteiger partial charge in [-0.15, -0.1) is 0 Å². The number of aromatic nitrogens is 1. The molecule has 1 aromatic heterocycles. The molecule has 24 heavy (non-hydrogen) atoms. The van der Waals surface area contributed by atoms with Crippen LogP contribution in [0.2, 0.25) is 0 Å². The number of nitrogens with one attached hydrogen (secondary N) is 3. The summed E-state index contributed by atoms with van der Waals surface area (Å²) in [6.07, 6.45) is 2.81. The maximum absolute atomic E-state index is 11.8. The molecule has 1 aromatic carbocycles. The van der Waals surface area contributed by atoms with Gasteiger partial charge < -0.3 is 25.5 Å². The average molecular weight is 333 g/mol. The Morgan fingerprint density at radius 3 is 2.83 bits per heavy atom. The molecule has 1 atom stereocenters. The first-order valence-electron chi connectivity index (χ1n) is 8.34. The van der Waals surface area contributed by atoms with E-state index >= 15 is 0 Å². The number of H-pyrrole nitrogens is 1. The summed E-state index contributed by atoms with van der Waals surface area (Å²) < 4.78 is 5.40. The molecule has 0 radical (unpaired) electrons. The quantitative estimate of drug-likeness (QED) is 0.598. The lowest BCUT2D eigenvalue weighted by Crippen LogP contribution is -2.40. The van der Waals surface area contributed by atoms with Crippen LogP contribution in [-0.4, -0.2) is 42.4 Å². The van der Waals surface area contributed by atoms with Crippen molar-refractivity contribution >= 4 is 16.9 Å². The van der Waals surface area contributed by atoms with Crippen LogP contribution in [-0.2, 0) is 6.42 Å². The molecule has 0 aliphatic carbocycles. The van der Waals surface area contributed by atoms with Crippen LogP contribution < -0.4 is 15.4 Å². The zero-order valence-electron chi connectivity index (χ0n) is 14.6. The van der Waals surface area contributed by atoms with Gasteiger partial charge in [0.1, 0.15) is 5.75 Å². The molecule has 1 heterocycles. The first-order chi connectivity index (χ1) is 11.5. The largest absolute Gasteiger partial charge is 0.496 e. The average Bonchev–Trinajstić information content (AvgIpc) is 2.95. The van der Waals surface area contributed by atoms with E-state index in [1.165, 1.54) is 0 Å². The van der Waals surface area contributed by atoms with E-state index < -0.39 is 6.10 Å². The molecular formula is C18H27N3O3. The van der Waals surface area contributed by atoms with Crippen molar-refractivity contribution in [2.24, 2.45) is 5.92 Å². The van der Waals surface area contributed by atoms with Gasteiger partial charge in [0.15, 0.2) is 0 Å². The summed E-state index contributed by atoms with van der Waals surface area (Å²) in [4.78, 5) is 15.0. The summed E-state index contributed by atoms with van der Waals surface area (Å²) in [5.74, 6) is 1.23. The summed E-state index contributed by atoms with van der Waals surface area (Å²) in [5, 5.41) is 16.3. The SMILES string of the molecule is COc1cccc2[nH]cc(CCNC(=O)NCC(O)CC(C)C)c12. The molecule has 0 aliphatic rings. The van der Waals surface area contributed by atoms with E-state index in [2.05, 4.69) is 15.6 Å². The number of fused-ring (bicyclic) bond motifs is 1. The molecule has 0 saturated carbocycles. The van der Waals surface area contributed by atoms with Crippen LogP contribution in [0.5, 0.6) is 5.75 Å². The van der Waals surface area contributed by atoms with Crippen LogP contribution in [0.1, 0.15) is 25.8 Å². The normalized spacial score (nSPS) is 12.4. The van der Waals surface area contributed by atoms with E-state index in [9.17, 15) is 9.90 Å². The number of aliphatic hydroxyl groups excluding tert-OH is 1. The first kappa shape index (κ1) is 18.1. The van der Waals surface area contributed by atoms with Gasteiger partial charge in [-0.25, -0.2) is 4.79 Å². The van der Waals surface area contributed by atoms with Gasteiger partial charge in [0.25, 0.3) is 0 Å². The Morgan fingerprint density at radius 1 is 1.33 bits per heavy atom. The Balaban J connectivity index is 1.81. The molecule has 2 amide bonds. The van der Waals surface area contributed by atoms with Crippen LogP contribution in [0.15, 0.2) is 24.4 Å². The van der Waals surface area contributed by atoms with Crippen LogP contribution in [0.4, 0.5) is 4.79 Å². The van der Waals surface area contributed by atoms with E-state index in [4.69, 9.17) is 4.74 Å². The predicted molar refractivity (Wildman–Crippen MR) is 95.4 cm³/mol. The monoisotopic (exact) mass is 333 g/mol. The second kappa shape index (κ2) is 8.59. The summed E-state index contributed by atoms with van der Waals surface area (Å²) in [6, 6.07) is 5.60. The van der Waals surface area contributed by atoms with Crippen molar-refractivity contribution in [1.82, 2.24) is 15.6 Å². The van der Waals surface area contributed by atoms with E-state index in [1.807, 2.05) is 38.2 Å². The Morgan fingerprint density at radius 2 is 2.12 bits per heavy atom. The number of carbonyl (C=O) groups excluding carboxylic acids is 1.